The Morgan fingerprint density at radius 1 is 1.21 bits per heavy atom. The second-order valence-corrected chi connectivity index (χ2v) is 9.01. The van der Waals surface area contributed by atoms with Crippen molar-refractivity contribution in [3.8, 4) is 0 Å². The van der Waals surface area contributed by atoms with Gasteiger partial charge in [0, 0.05) is 28.9 Å². The van der Waals surface area contributed by atoms with Crippen molar-refractivity contribution < 1.29 is 4.79 Å². The lowest BCUT2D eigenvalue weighted by Gasteiger charge is -2.31. The molecule has 0 saturated heterocycles. The minimum Gasteiger partial charge on any atom is -0.341 e. The summed E-state index contributed by atoms with van der Waals surface area (Å²) >= 11 is 9.65. The number of nitrogens with zero attached hydrogens (tertiary/aromatic N) is 2. The molecular formula is C23H23BrClN3O. The highest BCUT2D eigenvalue weighted by atomic mass is 79.9. The average Bonchev–Trinajstić information content (AvgIpc) is 3.37. The van der Waals surface area contributed by atoms with E-state index >= 15 is 0 Å². The number of halogens is 2. The molecule has 1 amide bonds. The molecule has 1 heterocycles. The van der Waals surface area contributed by atoms with Crippen molar-refractivity contribution >= 4 is 33.4 Å². The van der Waals surface area contributed by atoms with Crippen LogP contribution in [0.25, 0.3) is 0 Å². The first-order chi connectivity index (χ1) is 14.0. The molecule has 3 aromatic rings. The second kappa shape index (κ2) is 8.33. The molecular weight excluding hydrogens is 450 g/mol. The van der Waals surface area contributed by atoms with Gasteiger partial charge in [0.1, 0.15) is 11.9 Å². The van der Waals surface area contributed by atoms with Gasteiger partial charge in [-0.05, 0) is 48.2 Å². The van der Waals surface area contributed by atoms with Crippen LogP contribution in [0.15, 0.2) is 65.4 Å². The maximum absolute atomic E-state index is 13.7. The van der Waals surface area contributed by atoms with Gasteiger partial charge in [-0.2, -0.15) is 0 Å². The number of aryl methyl sites for hydroxylation is 1. The summed E-state index contributed by atoms with van der Waals surface area (Å²) in [6, 6.07) is 15.4. The van der Waals surface area contributed by atoms with Gasteiger partial charge in [0.05, 0.1) is 5.41 Å². The lowest BCUT2D eigenvalue weighted by atomic mass is 9.77. The zero-order chi connectivity index (χ0) is 20.4. The zero-order valence-corrected chi connectivity index (χ0v) is 18.6. The Kier molecular flexibility index (Phi) is 5.79. The summed E-state index contributed by atoms with van der Waals surface area (Å²) in [6.07, 6.45) is 7.45. The summed E-state index contributed by atoms with van der Waals surface area (Å²) in [4.78, 5) is 18.3. The molecule has 2 aromatic carbocycles. The van der Waals surface area contributed by atoms with Crippen LogP contribution in [0.2, 0.25) is 5.02 Å². The van der Waals surface area contributed by atoms with E-state index in [1.54, 1.807) is 6.20 Å². The molecule has 1 N–H and O–H groups in total. The Morgan fingerprint density at radius 3 is 2.55 bits per heavy atom. The first-order valence-electron chi connectivity index (χ1n) is 9.79. The maximum Gasteiger partial charge on any atom is 0.231 e. The van der Waals surface area contributed by atoms with Crippen LogP contribution in [0.5, 0.6) is 0 Å². The fourth-order valence-electron chi connectivity index (χ4n) is 4.29. The van der Waals surface area contributed by atoms with Crippen molar-refractivity contribution in [3.05, 3.63) is 87.4 Å². The first kappa shape index (κ1) is 20.2. The lowest BCUT2D eigenvalue weighted by molar-refractivity contribution is -0.127. The van der Waals surface area contributed by atoms with Crippen molar-refractivity contribution in [1.82, 2.24) is 14.9 Å². The summed E-state index contributed by atoms with van der Waals surface area (Å²) < 4.78 is 2.94. The third-order valence-corrected chi connectivity index (χ3v) is 6.61. The van der Waals surface area contributed by atoms with E-state index in [1.165, 1.54) is 0 Å². The molecule has 4 nitrogen and oxygen atoms in total. The van der Waals surface area contributed by atoms with Gasteiger partial charge in [-0.3, -0.25) is 4.79 Å². The Labute approximate surface area is 184 Å². The normalized spacial score (nSPS) is 16.5. The molecule has 0 bridgehead atoms. The number of carbonyl (C=O) groups excluding carboxylic acids is 1. The largest absolute Gasteiger partial charge is 0.341 e. The van der Waals surface area contributed by atoms with Crippen LogP contribution in [-0.4, -0.2) is 15.5 Å². The van der Waals surface area contributed by atoms with E-state index in [2.05, 4.69) is 38.4 Å². The van der Waals surface area contributed by atoms with Crippen LogP contribution < -0.4 is 5.32 Å². The summed E-state index contributed by atoms with van der Waals surface area (Å²) in [5.74, 6) is 0.846. The Hall–Kier alpha value is -2.11. The Bertz CT molecular complexity index is 1010. The molecule has 4 rings (SSSR count). The van der Waals surface area contributed by atoms with E-state index in [9.17, 15) is 4.79 Å². The highest BCUT2D eigenvalue weighted by Crippen LogP contribution is 2.42. The summed E-state index contributed by atoms with van der Waals surface area (Å²) in [5, 5.41) is 3.98. The predicted octanol–water partition coefficient (Wildman–Crippen LogP) is 5.55. The van der Waals surface area contributed by atoms with Crippen molar-refractivity contribution in [2.24, 2.45) is 7.05 Å². The Morgan fingerprint density at radius 2 is 1.93 bits per heavy atom. The SMILES string of the molecule is Cn1ccnc1[C@H](NC(=O)C1(c2cccc(Br)c2)CCCC1)c1ccc(Cl)cc1. The summed E-state index contributed by atoms with van der Waals surface area (Å²) in [7, 11) is 1.94. The number of imidazole rings is 1. The van der Waals surface area contributed by atoms with Gasteiger partial charge in [0.15, 0.2) is 0 Å². The predicted molar refractivity (Wildman–Crippen MR) is 119 cm³/mol. The van der Waals surface area contributed by atoms with Gasteiger partial charge < -0.3 is 9.88 Å². The van der Waals surface area contributed by atoms with Crippen LogP contribution in [-0.2, 0) is 17.3 Å². The van der Waals surface area contributed by atoms with Gasteiger partial charge in [-0.25, -0.2) is 4.98 Å². The van der Waals surface area contributed by atoms with Gasteiger partial charge in [-0.15, -0.1) is 0 Å². The monoisotopic (exact) mass is 471 g/mol. The molecule has 1 aromatic heterocycles. The molecule has 1 atom stereocenters. The molecule has 1 saturated carbocycles. The maximum atomic E-state index is 13.7. The van der Waals surface area contributed by atoms with Crippen LogP contribution in [0.1, 0.15) is 48.7 Å². The van der Waals surface area contributed by atoms with E-state index in [-0.39, 0.29) is 11.9 Å². The average molecular weight is 473 g/mol. The lowest BCUT2D eigenvalue weighted by Crippen LogP contribution is -2.44. The second-order valence-electron chi connectivity index (χ2n) is 7.65. The minimum atomic E-state index is -0.514. The first-order valence-corrected chi connectivity index (χ1v) is 11.0. The third kappa shape index (κ3) is 3.99. The van der Waals surface area contributed by atoms with Gasteiger partial charge in [0.25, 0.3) is 0 Å². The van der Waals surface area contributed by atoms with E-state index in [1.807, 2.05) is 54.2 Å². The standard InChI is InChI=1S/C23H23BrClN3O/c1-28-14-13-26-21(28)20(16-7-9-19(25)10-8-16)27-22(29)23(11-2-3-12-23)17-5-4-6-18(24)15-17/h4-10,13-15,20H,2-3,11-12H2,1H3,(H,27,29)/t20-/m1/s1. The molecule has 6 heteroatoms. The van der Waals surface area contributed by atoms with Crippen LogP contribution in [0.3, 0.4) is 0 Å². The van der Waals surface area contributed by atoms with Crippen molar-refractivity contribution in [2.75, 3.05) is 0 Å². The molecule has 0 aliphatic heterocycles. The minimum absolute atomic E-state index is 0.0519. The fraction of sp³-hybridized carbons (Fsp3) is 0.304. The number of nitrogens with one attached hydrogen (secondary N) is 1. The number of carbonyl (C=O) groups is 1. The Balaban J connectivity index is 1.72. The summed E-state index contributed by atoms with van der Waals surface area (Å²) in [6.45, 7) is 0. The number of hydrogen-bond donors (Lipinski definition) is 1. The van der Waals surface area contributed by atoms with E-state index in [0.717, 1.165) is 47.1 Å². The van der Waals surface area contributed by atoms with Crippen LogP contribution in [0.4, 0.5) is 0 Å². The molecule has 150 valence electrons. The van der Waals surface area contributed by atoms with Gasteiger partial charge >= 0.3 is 0 Å². The van der Waals surface area contributed by atoms with E-state index in [4.69, 9.17) is 11.6 Å². The smallest absolute Gasteiger partial charge is 0.231 e. The number of hydrogen-bond acceptors (Lipinski definition) is 2. The van der Waals surface area contributed by atoms with E-state index in [0.29, 0.717) is 5.02 Å². The molecule has 1 fully saturated rings. The summed E-state index contributed by atoms with van der Waals surface area (Å²) in [5.41, 5.74) is 1.51. The van der Waals surface area contributed by atoms with Crippen molar-refractivity contribution in [3.63, 3.8) is 0 Å². The van der Waals surface area contributed by atoms with Gasteiger partial charge in [-0.1, -0.05) is 64.6 Å². The van der Waals surface area contributed by atoms with E-state index < -0.39 is 5.41 Å². The number of rotatable bonds is 5. The highest BCUT2D eigenvalue weighted by Gasteiger charge is 2.43. The molecule has 1 aliphatic carbocycles. The van der Waals surface area contributed by atoms with Crippen molar-refractivity contribution in [2.45, 2.75) is 37.1 Å². The highest BCUT2D eigenvalue weighted by molar-refractivity contribution is 9.10. The van der Waals surface area contributed by atoms with Gasteiger partial charge in [0.2, 0.25) is 5.91 Å². The van der Waals surface area contributed by atoms with Crippen molar-refractivity contribution in [1.29, 1.82) is 0 Å². The quantitative estimate of drug-likeness (QED) is 0.529. The molecule has 29 heavy (non-hydrogen) atoms. The number of aromatic nitrogens is 2. The molecule has 1 aliphatic rings. The fourth-order valence-corrected chi connectivity index (χ4v) is 4.81. The topological polar surface area (TPSA) is 46.9 Å². The molecule has 0 unspecified atom stereocenters. The van der Waals surface area contributed by atoms with Crippen LogP contribution >= 0.6 is 27.5 Å². The number of amides is 1. The number of benzene rings is 2. The molecule has 0 spiro atoms. The third-order valence-electron chi connectivity index (χ3n) is 5.86. The zero-order valence-electron chi connectivity index (χ0n) is 16.2. The van der Waals surface area contributed by atoms with Crippen LogP contribution in [0, 0.1) is 0 Å². The molecule has 0 radical (unpaired) electrons.